The van der Waals surface area contributed by atoms with Gasteiger partial charge in [-0.25, -0.2) is 9.59 Å². The molecule has 0 aromatic carbocycles. The molecular formula is C6H6O4. The van der Waals surface area contributed by atoms with E-state index < -0.39 is 11.9 Å². The highest BCUT2D eigenvalue weighted by molar-refractivity contribution is 5.92. The molecule has 0 amide bonds. The van der Waals surface area contributed by atoms with Crippen LogP contribution in [0.25, 0.3) is 0 Å². The standard InChI is InChI=1S/C6H6O4/c7-5-1-2-6(8)10-4-3-9-5/h1-2H,3-4H2/b2-1-. The first-order valence-electron chi connectivity index (χ1n) is 2.80. The predicted octanol–water partition coefficient (Wildman–Crippen LogP) is -0.357. The summed E-state index contributed by atoms with van der Waals surface area (Å²) < 4.78 is 9.06. The van der Waals surface area contributed by atoms with Crippen LogP contribution in [0.5, 0.6) is 0 Å². The monoisotopic (exact) mass is 142 g/mol. The van der Waals surface area contributed by atoms with Crippen molar-refractivity contribution < 1.29 is 19.1 Å². The molecule has 1 aliphatic heterocycles. The summed E-state index contributed by atoms with van der Waals surface area (Å²) in [4.78, 5) is 20.9. The molecule has 10 heavy (non-hydrogen) atoms. The van der Waals surface area contributed by atoms with E-state index in [-0.39, 0.29) is 13.2 Å². The molecule has 54 valence electrons. The first-order chi connectivity index (χ1) is 4.79. The van der Waals surface area contributed by atoms with Gasteiger partial charge in [-0.3, -0.25) is 0 Å². The topological polar surface area (TPSA) is 52.6 Å². The number of rotatable bonds is 0. The Bertz CT molecular complexity index is 162. The van der Waals surface area contributed by atoms with Gasteiger partial charge < -0.3 is 9.47 Å². The summed E-state index contributed by atoms with van der Waals surface area (Å²) in [6.45, 7) is 0.268. The van der Waals surface area contributed by atoms with Crippen molar-refractivity contribution in [2.45, 2.75) is 0 Å². The van der Waals surface area contributed by atoms with Crippen molar-refractivity contribution in [2.24, 2.45) is 0 Å². The van der Waals surface area contributed by atoms with Crippen molar-refractivity contribution >= 4 is 11.9 Å². The first kappa shape index (κ1) is 6.80. The van der Waals surface area contributed by atoms with Crippen molar-refractivity contribution in [2.75, 3.05) is 13.2 Å². The Hall–Kier alpha value is -1.32. The second-order valence-corrected chi connectivity index (χ2v) is 1.67. The molecule has 0 unspecified atom stereocenters. The SMILES string of the molecule is O=C1/C=C\C(=O)OCCO1. The second kappa shape index (κ2) is 3.00. The summed E-state index contributed by atoms with van der Waals surface area (Å²) in [5.74, 6) is -1.01. The maximum absolute atomic E-state index is 10.5. The van der Waals surface area contributed by atoms with E-state index in [1.165, 1.54) is 0 Å². The third kappa shape index (κ3) is 1.89. The Labute approximate surface area is 57.4 Å². The lowest BCUT2D eigenvalue weighted by Crippen LogP contribution is -2.14. The van der Waals surface area contributed by atoms with E-state index in [1.807, 2.05) is 0 Å². The second-order valence-electron chi connectivity index (χ2n) is 1.67. The minimum absolute atomic E-state index is 0.134. The van der Waals surface area contributed by atoms with Crippen molar-refractivity contribution in [3.8, 4) is 0 Å². The summed E-state index contributed by atoms with van der Waals surface area (Å²) in [5.41, 5.74) is 0. The molecule has 0 aromatic heterocycles. The summed E-state index contributed by atoms with van der Waals surface area (Å²) in [7, 11) is 0. The number of cyclic esters (lactones) is 2. The third-order valence-corrected chi connectivity index (χ3v) is 0.927. The molecular weight excluding hydrogens is 136 g/mol. The molecule has 0 aliphatic carbocycles. The summed E-state index contributed by atoms with van der Waals surface area (Å²) in [5, 5.41) is 0. The van der Waals surface area contributed by atoms with Crippen LogP contribution in [-0.2, 0) is 19.1 Å². The minimum atomic E-state index is -0.503. The molecule has 1 heterocycles. The van der Waals surface area contributed by atoms with Crippen LogP contribution >= 0.6 is 0 Å². The molecule has 0 spiro atoms. The van der Waals surface area contributed by atoms with Gasteiger partial charge in [-0.15, -0.1) is 0 Å². The van der Waals surface area contributed by atoms with Crippen LogP contribution in [0.15, 0.2) is 12.2 Å². The van der Waals surface area contributed by atoms with Gasteiger partial charge >= 0.3 is 11.9 Å². The Balaban J connectivity index is 2.58. The zero-order valence-corrected chi connectivity index (χ0v) is 5.20. The molecule has 0 fully saturated rings. The van der Waals surface area contributed by atoms with Crippen LogP contribution in [0.3, 0.4) is 0 Å². The van der Waals surface area contributed by atoms with Gasteiger partial charge in [0.15, 0.2) is 0 Å². The molecule has 4 nitrogen and oxygen atoms in total. The molecule has 0 N–H and O–H groups in total. The fourth-order valence-electron chi connectivity index (χ4n) is 0.517. The lowest BCUT2D eigenvalue weighted by Gasteiger charge is -2.04. The van der Waals surface area contributed by atoms with Crippen LogP contribution in [0.1, 0.15) is 0 Å². The van der Waals surface area contributed by atoms with Gasteiger partial charge in [0.1, 0.15) is 13.2 Å². The van der Waals surface area contributed by atoms with Gasteiger partial charge in [0, 0.05) is 12.2 Å². The van der Waals surface area contributed by atoms with Crippen LogP contribution in [0.2, 0.25) is 0 Å². The number of ether oxygens (including phenoxy) is 2. The van der Waals surface area contributed by atoms with Crippen molar-refractivity contribution in [3.63, 3.8) is 0 Å². The lowest BCUT2D eigenvalue weighted by atomic mass is 10.5. The number of carbonyl (C=O) groups is 2. The lowest BCUT2D eigenvalue weighted by molar-refractivity contribution is -0.148. The predicted molar refractivity (Wildman–Crippen MR) is 31.1 cm³/mol. The Kier molecular flexibility index (Phi) is 2.04. The van der Waals surface area contributed by atoms with E-state index in [0.29, 0.717) is 0 Å². The van der Waals surface area contributed by atoms with E-state index >= 15 is 0 Å². The van der Waals surface area contributed by atoms with Crippen LogP contribution in [0.4, 0.5) is 0 Å². The van der Waals surface area contributed by atoms with Gasteiger partial charge in [0.05, 0.1) is 0 Å². The average molecular weight is 142 g/mol. The molecule has 1 rings (SSSR count). The highest BCUT2D eigenvalue weighted by atomic mass is 16.6. The summed E-state index contributed by atoms with van der Waals surface area (Å²) in [6.07, 6.45) is 2.09. The van der Waals surface area contributed by atoms with Crippen LogP contribution in [0, 0.1) is 0 Å². The molecule has 1 aliphatic rings. The van der Waals surface area contributed by atoms with E-state index in [4.69, 9.17) is 0 Å². The fourth-order valence-corrected chi connectivity index (χ4v) is 0.517. The number of hydrogen-bond acceptors (Lipinski definition) is 4. The van der Waals surface area contributed by atoms with Crippen molar-refractivity contribution in [1.82, 2.24) is 0 Å². The maximum Gasteiger partial charge on any atom is 0.331 e. The van der Waals surface area contributed by atoms with Gasteiger partial charge in [-0.1, -0.05) is 0 Å². The molecule has 0 radical (unpaired) electrons. The number of hydrogen-bond donors (Lipinski definition) is 0. The zero-order chi connectivity index (χ0) is 7.40. The molecule has 0 aromatic rings. The molecule has 4 heteroatoms. The fraction of sp³-hybridized carbons (Fsp3) is 0.333. The third-order valence-electron chi connectivity index (χ3n) is 0.927. The van der Waals surface area contributed by atoms with E-state index in [2.05, 4.69) is 9.47 Å². The molecule has 0 atom stereocenters. The van der Waals surface area contributed by atoms with Gasteiger partial charge in [-0.05, 0) is 0 Å². The smallest absolute Gasteiger partial charge is 0.331 e. The average Bonchev–Trinajstić information content (AvgIpc) is 1.90. The number of carbonyl (C=O) groups excluding carboxylic acids is 2. The van der Waals surface area contributed by atoms with Crippen LogP contribution in [-0.4, -0.2) is 25.2 Å². The summed E-state index contributed by atoms with van der Waals surface area (Å²) in [6, 6.07) is 0. The molecule has 0 bridgehead atoms. The van der Waals surface area contributed by atoms with E-state index in [9.17, 15) is 9.59 Å². The Morgan fingerprint density at radius 1 is 1.00 bits per heavy atom. The Morgan fingerprint density at radius 3 is 1.80 bits per heavy atom. The normalized spacial score (nSPS) is 22.0. The van der Waals surface area contributed by atoms with Crippen molar-refractivity contribution in [3.05, 3.63) is 12.2 Å². The highest BCUT2D eigenvalue weighted by Gasteiger charge is 2.04. The molecule has 0 saturated carbocycles. The van der Waals surface area contributed by atoms with E-state index in [1.54, 1.807) is 0 Å². The number of esters is 2. The Morgan fingerprint density at radius 2 is 1.40 bits per heavy atom. The largest absolute Gasteiger partial charge is 0.459 e. The van der Waals surface area contributed by atoms with Crippen molar-refractivity contribution in [1.29, 1.82) is 0 Å². The maximum atomic E-state index is 10.5. The zero-order valence-electron chi connectivity index (χ0n) is 5.20. The summed E-state index contributed by atoms with van der Waals surface area (Å²) >= 11 is 0. The minimum Gasteiger partial charge on any atom is -0.459 e. The van der Waals surface area contributed by atoms with Gasteiger partial charge in [0.2, 0.25) is 0 Å². The van der Waals surface area contributed by atoms with E-state index in [0.717, 1.165) is 12.2 Å². The molecule has 0 saturated heterocycles. The van der Waals surface area contributed by atoms with Crippen LogP contribution < -0.4 is 0 Å². The quantitative estimate of drug-likeness (QED) is 0.433. The van der Waals surface area contributed by atoms with Gasteiger partial charge in [0.25, 0.3) is 0 Å². The highest BCUT2D eigenvalue weighted by Crippen LogP contribution is 1.90. The first-order valence-corrected chi connectivity index (χ1v) is 2.80. The van der Waals surface area contributed by atoms with Gasteiger partial charge in [-0.2, -0.15) is 0 Å².